The molecule has 0 bridgehead atoms. The second kappa shape index (κ2) is 7.14. The fourth-order valence-corrected chi connectivity index (χ4v) is 3.64. The second-order valence-corrected chi connectivity index (χ2v) is 6.52. The van der Waals surface area contributed by atoms with Crippen molar-refractivity contribution in [3.05, 3.63) is 29.8 Å². The van der Waals surface area contributed by atoms with E-state index in [0.717, 1.165) is 19.6 Å². The SMILES string of the molecule is CN(C(=O)CN1CCNCc2ccccc21)C1CCCCC1. The van der Waals surface area contributed by atoms with Gasteiger partial charge in [0.15, 0.2) is 0 Å². The molecule has 0 atom stereocenters. The van der Waals surface area contributed by atoms with Crippen LogP contribution in [-0.2, 0) is 11.3 Å². The standard InChI is InChI=1S/C18H27N3O/c1-20(16-8-3-2-4-9-16)18(22)14-21-12-11-19-13-15-7-5-6-10-17(15)21/h5-7,10,16,19H,2-4,8-9,11-14H2,1H3. The fourth-order valence-electron chi connectivity index (χ4n) is 3.64. The predicted octanol–water partition coefficient (Wildman–Crippen LogP) is 2.39. The van der Waals surface area contributed by atoms with Gasteiger partial charge in [0.25, 0.3) is 0 Å². The normalized spacial score (nSPS) is 19.4. The lowest BCUT2D eigenvalue weighted by Gasteiger charge is -2.33. The number of rotatable bonds is 3. The number of benzene rings is 1. The van der Waals surface area contributed by atoms with Gasteiger partial charge in [-0.1, -0.05) is 37.5 Å². The van der Waals surface area contributed by atoms with Crippen molar-refractivity contribution in [3.8, 4) is 0 Å². The van der Waals surface area contributed by atoms with Crippen molar-refractivity contribution in [2.75, 3.05) is 31.6 Å². The summed E-state index contributed by atoms with van der Waals surface area (Å²) < 4.78 is 0. The van der Waals surface area contributed by atoms with E-state index in [0.29, 0.717) is 12.6 Å². The number of nitrogens with one attached hydrogen (secondary N) is 1. The summed E-state index contributed by atoms with van der Waals surface area (Å²) in [6.45, 7) is 3.20. The van der Waals surface area contributed by atoms with E-state index in [9.17, 15) is 4.79 Å². The zero-order chi connectivity index (χ0) is 15.4. The molecule has 4 heteroatoms. The number of nitrogens with zero attached hydrogens (tertiary/aromatic N) is 2. The highest BCUT2D eigenvalue weighted by molar-refractivity contribution is 5.82. The molecule has 1 amide bonds. The average molecular weight is 301 g/mol. The molecular weight excluding hydrogens is 274 g/mol. The lowest BCUT2D eigenvalue weighted by Crippen LogP contribution is -2.45. The minimum Gasteiger partial charge on any atom is -0.361 e. The van der Waals surface area contributed by atoms with Crippen molar-refractivity contribution in [1.29, 1.82) is 0 Å². The molecule has 0 saturated heterocycles. The highest BCUT2D eigenvalue weighted by atomic mass is 16.2. The number of carbonyl (C=O) groups excluding carboxylic acids is 1. The van der Waals surface area contributed by atoms with Gasteiger partial charge in [-0.15, -0.1) is 0 Å². The van der Waals surface area contributed by atoms with Gasteiger partial charge in [-0.2, -0.15) is 0 Å². The summed E-state index contributed by atoms with van der Waals surface area (Å²) in [6, 6.07) is 8.86. The summed E-state index contributed by atoms with van der Waals surface area (Å²) in [5.41, 5.74) is 2.49. The van der Waals surface area contributed by atoms with Gasteiger partial charge in [0.05, 0.1) is 6.54 Å². The Bertz CT molecular complexity index is 511. The van der Waals surface area contributed by atoms with E-state index in [1.807, 2.05) is 11.9 Å². The molecule has 1 aromatic carbocycles. The van der Waals surface area contributed by atoms with Gasteiger partial charge in [-0.25, -0.2) is 0 Å². The van der Waals surface area contributed by atoms with E-state index in [1.54, 1.807) is 0 Å². The molecular formula is C18H27N3O. The first-order chi connectivity index (χ1) is 10.8. The van der Waals surface area contributed by atoms with Crippen molar-refractivity contribution >= 4 is 11.6 Å². The molecule has 1 saturated carbocycles. The van der Waals surface area contributed by atoms with Crippen molar-refractivity contribution in [1.82, 2.24) is 10.2 Å². The lowest BCUT2D eigenvalue weighted by atomic mass is 9.94. The molecule has 1 N–H and O–H groups in total. The topological polar surface area (TPSA) is 35.6 Å². The van der Waals surface area contributed by atoms with Gasteiger partial charge in [0.2, 0.25) is 5.91 Å². The van der Waals surface area contributed by atoms with E-state index >= 15 is 0 Å². The van der Waals surface area contributed by atoms with Crippen LogP contribution in [0.5, 0.6) is 0 Å². The van der Waals surface area contributed by atoms with Gasteiger partial charge in [0, 0.05) is 38.4 Å². The monoisotopic (exact) mass is 301 g/mol. The number of carbonyl (C=O) groups is 1. The third kappa shape index (κ3) is 3.43. The number of likely N-dealkylation sites (N-methyl/N-ethyl adjacent to an activating group) is 1. The molecule has 1 aromatic rings. The molecule has 0 unspecified atom stereocenters. The Kier molecular flexibility index (Phi) is 4.98. The van der Waals surface area contributed by atoms with E-state index in [2.05, 4.69) is 34.5 Å². The van der Waals surface area contributed by atoms with Crippen LogP contribution in [0.25, 0.3) is 0 Å². The summed E-state index contributed by atoms with van der Waals surface area (Å²) in [5.74, 6) is 0.253. The maximum Gasteiger partial charge on any atom is 0.242 e. The van der Waals surface area contributed by atoms with Crippen LogP contribution in [0.15, 0.2) is 24.3 Å². The third-order valence-electron chi connectivity index (χ3n) is 5.05. The molecule has 3 rings (SSSR count). The predicted molar refractivity (Wildman–Crippen MR) is 90.0 cm³/mol. The van der Waals surface area contributed by atoms with E-state index in [-0.39, 0.29) is 5.91 Å². The minimum absolute atomic E-state index is 0.253. The number of hydrogen-bond donors (Lipinski definition) is 1. The van der Waals surface area contributed by atoms with Crippen molar-refractivity contribution in [3.63, 3.8) is 0 Å². The maximum absolute atomic E-state index is 12.7. The first-order valence-corrected chi connectivity index (χ1v) is 8.55. The number of para-hydroxylation sites is 1. The summed E-state index contributed by atoms with van der Waals surface area (Å²) >= 11 is 0. The van der Waals surface area contributed by atoms with Crippen molar-refractivity contribution < 1.29 is 4.79 Å². The largest absolute Gasteiger partial charge is 0.361 e. The van der Waals surface area contributed by atoms with Crippen LogP contribution in [-0.4, -0.2) is 43.5 Å². The van der Waals surface area contributed by atoms with Crippen LogP contribution in [0, 0.1) is 0 Å². The van der Waals surface area contributed by atoms with Crippen LogP contribution in [0.4, 0.5) is 5.69 Å². The summed E-state index contributed by atoms with van der Waals surface area (Å²) in [4.78, 5) is 16.9. The van der Waals surface area contributed by atoms with Crippen LogP contribution >= 0.6 is 0 Å². The van der Waals surface area contributed by atoms with Crippen LogP contribution in [0.3, 0.4) is 0 Å². The van der Waals surface area contributed by atoms with Gasteiger partial charge in [-0.05, 0) is 24.5 Å². The average Bonchev–Trinajstić information content (AvgIpc) is 2.77. The number of fused-ring (bicyclic) bond motifs is 1. The van der Waals surface area contributed by atoms with Gasteiger partial charge >= 0.3 is 0 Å². The zero-order valence-corrected chi connectivity index (χ0v) is 13.6. The Labute approximate surface area is 133 Å². The Morgan fingerprint density at radius 2 is 2.05 bits per heavy atom. The van der Waals surface area contributed by atoms with Crippen LogP contribution in [0.2, 0.25) is 0 Å². The third-order valence-corrected chi connectivity index (χ3v) is 5.05. The Morgan fingerprint density at radius 3 is 2.86 bits per heavy atom. The fraction of sp³-hybridized carbons (Fsp3) is 0.611. The van der Waals surface area contributed by atoms with Crippen molar-refractivity contribution in [2.45, 2.75) is 44.7 Å². The first-order valence-electron chi connectivity index (χ1n) is 8.55. The van der Waals surface area contributed by atoms with Gasteiger partial charge in [0.1, 0.15) is 0 Å². The lowest BCUT2D eigenvalue weighted by molar-refractivity contribution is -0.131. The summed E-state index contributed by atoms with van der Waals surface area (Å²) in [6.07, 6.45) is 6.18. The molecule has 1 aliphatic heterocycles. The Hall–Kier alpha value is -1.55. The molecule has 4 nitrogen and oxygen atoms in total. The molecule has 1 heterocycles. The highest BCUT2D eigenvalue weighted by Gasteiger charge is 2.24. The molecule has 120 valence electrons. The Balaban J connectivity index is 1.68. The summed E-state index contributed by atoms with van der Waals surface area (Å²) in [5, 5.41) is 3.43. The van der Waals surface area contributed by atoms with Crippen LogP contribution < -0.4 is 10.2 Å². The van der Waals surface area contributed by atoms with E-state index in [4.69, 9.17) is 0 Å². The number of hydrogen-bond acceptors (Lipinski definition) is 3. The smallest absolute Gasteiger partial charge is 0.242 e. The molecule has 1 fully saturated rings. The minimum atomic E-state index is 0.253. The first kappa shape index (κ1) is 15.3. The zero-order valence-electron chi connectivity index (χ0n) is 13.6. The van der Waals surface area contributed by atoms with Crippen molar-refractivity contribution in [2.24, 2.45) is 0 Å². The molecule has 0 aromatic heterocycles. The molecule has 0 spiro atoms. The molecule has 1 aliphatic carbocycles. The molecule has 2 aliphatic rings. The molecule has 0 radical (unpaired) electrons. The quantitative estimate of drug-likeness (QED) is 0.931. The highest BCUT2D eigenvalue weighted by Crippen LogP contribution is 2.24. The molecule has 22 heavy (non-hydrogen) atoms. The Morgan fingerprint density at radius 1 is 1.27 bits per heavy atom. The number of anilines is 1. The van der Waals surface area contributed by atoms with Crippen LogP contribution in [0.1, 0.15) is 37.7 Å². The summed E-state index contributed by atoms with van der Waals surface area (Å²) in [7, 11) is 1.99. The van der Waals surface area contributed by atoms with Gasteiger partial charge in [-0.3, -0.25) is 4.79 Å². The number of amides is 1. The van der Waals surface area contributed by atoms with E-state index < -0.39 is 0 Å². The maximum atomic E-state index is 12.7. The second-order valence-electron chi connectivity index (χ2n) is 6.52. The van der Waals surface area contributed by atoms with E-state index in [1.165, 1.54) is 43.4 Å². The van der Waals surface area contributed by atoms with Gasteiger partial charge < -0.3 is 15.1 Å².